The summed E-state index contributed by atoms with van der Waals surface area (Å²) in [6.07, 6.45) is 4.05. The average Bonchev–Trinajstić information content (AvgIpc) is 2.77. The van der Waals surface area contributed by atoms with Gasteiger partial charge in [0.05, 0.1) is 30.5 Å². The molecule has 1 saturated heterocycles. The molecule has 8 nitrogen and oxygen atoms in total. The summed E-state index contributed by atoms with van der Waals surface area (Å²) in [5.74, 6) is 0.160. The van der Waals surface area contributed by atoms with E-state index in [-0.39, 0.29) is 36.5 Å². The number of aromatic amines is 1. The number of carbonyl (C=O) groups excluding carboxylic acids is 1. The third kappa shape index (κ3) is 4.43. The fourth-order valence-electron chi connectivity index (χ4n) is 4.49. The topological polar surface area (TPSA) is 103 Å². The predicted molar refractivity (Wildman–Crippen MR) is 117 cm³/mol. The summed E-state index contributed by atoms with van der Waals surface area (Å²) in [4.78, 5) is 35.5. The van der Waals surface area contributed by atoms with Gasteiger partial charge in [0.15, 0.2) is 0 Å². The first kappa shape index (κ1) is 21.7. The molecule has 1 aromatic carbocycles. The Hall–Kier alpha value is -2.52. The van der Waals surface area contributed by atoms with E-state index in [1.807, 2.05) is 42.2 Å². The number of hydrogen-bond acceptors (Lipinski definition) is 5. The van der Waals surface area contributed by atoms with E-state index in [2.05, 4.69) is 9.97 Å². The van der Waals surface area contributed by atoms with Crippen LogP contribution in [-0.2, 0) is 27.8 Å². The van der Waals surface area contributed by atoms with Crippen LogP contribution in [0, 0.1) is 0 Å². The van der Waals surface area contributed by atoms with Gasteiger partial charge in [-0.3, -0.25) is 9.59 Å². The molecule has 2 aromatic rings. The lowest BCUT2D eigenvalue weighted by Crippen LogP contribution is -2.43. The number of carbonyl (C=O) groups is 1. The molecule has 2 aliphatic heterocycles. The van der Waals surface area contributed by atoms with E-state index in [0.717, 1.165) is 18.4 Å². The molecule has 9 heteroatoms. The Morgan fingerprint density at radius 1 is 1.19 bits per heavy atom. The Bertz CT molecular complexity index is 1130. The van der Waals surface area contributed by atoms with Gasteiger partial charge in [0.25, 0.3) is 5.56 Å². The second-order valence-electron chi connectivity index (χ2n) is 8.40. The molecule has 4 rings (SSSR count). The van der Waals surface area contributed by atoms with E-state index in [9.17, 15) is 18.0 Å². The van der Waals surface area contributed by atoms with Crippen LogP contribution in [-0.4, -0.2) is 52.8 Å². The summed E-state index contributed by atoms with van der Waals surface area (Å²) >= 11 is 0. The zero-order chi connectivity index (χ0) is 22.2. The van der Waals surface area contributed by atoms with Crippen molar-refractivity contribution in [1.29, 1.82) is 0 Å². The number of piperidine rings is 1. The Kier molecular flexibility index (Phi) is 5.98. The van der Waals surface area contributed by atoms with Crippen LogP contribution in [0.3, 0.4) is 0 Å². The van der Waals surface area contributed by atoms with Crippen molar-refractivity contribution in [2.45, 2.75) is 51.1 Å². The summed E-state index contributed by atoms with van der Waals surface area (Å²) in [5.41, 5.74) is 1.74. The molecule has 0 saturated carbocycles. The van der Waals surface area contributed by atoms with Gasteiger partial charge in [0, 0.05) is 18.7 Å². The normalized spacial score (nSPS) is 20.8. The predicted octanol–water partition coefficient (Wildman–Crippen LogP) is 1.94. The van der Waals surface area contributed by atoms with Gasteiger partial charge in [-0.2, -0.15) is 4.31 Å². The molecule has 1 fully saturated rings. The number of fused-ring (bicyclic) bond motifs is 1. The number of sulfonamides is 1. The maximum atomic E-state index is 13.4. The van der Waals surface area contributed by atoms with Crippen LogP contribution in [0.5, 0.6) is 0 Å². The average molecular weight is 445 g/mol. The third-order valence-corrected chi connectivity index (χ3v) is 7.55. The first-order chi connectivity index (χ1) is 14.8. The lowest BCUT2D eigenvalue weighted by molar-refractivity contribution is -0.136. The first-order valence-electron chi connectivity index (χ1n) is 10.7. The van der Waals surface area contributed by atoms with Crippen molar-refractivity contribution in [1.82, 2.24) is 19.2 Å². The molecule has 1 amide bonds. The molecule has 2 aliphatic rings. The van der Waals surface area contributed by atoms with Crippen LogP contribution < -0.4 is 5.56 Å². The molecule has 166 valence electrons. The van der Waals surface area contributed by atoms with E-state index >= 15 is 0 Å². The van der Waals surface area contributed by atoms with Crippen LogP contribution >= 0.6 is 0 Å². The number of likely N-dealkylation sites (tertiary alicyclic amines) is 1. The van der Waals surface area contributed by atoms with Gasteiger partial charge in [-0.1, -0.05) is 30.3 Å². The van der Waals surface area contributed by atoms with Gasteiger partial charge in [-0.15, -0.1) is 0 Å². The second kappa shape index (κ2) is 8.55. The molecule has 0 aliphatic carbocycles. The van der Waals surface area contributed by atoms with Crippen LogP contribution in [0.1, 0.15) is 60.8 Å². The number of H-pyrrole nitrogens is 1. The Morgan fingerprint density at radius 3 is 2.65 bits per heavy atom. The minimum Gasteiger partial charge on any atom is -0.332 e. The van der Waals surface area contributed by atoms with Crippen molar-refractivity contribution in [3.63, 3.8) is 0 Å². The number of amides is 1. The minimum absolute atomic E-state index is 0.00836. The molecule has 2 atom stereocenters. The number of benzene rings is 1. The quantitative estimate of drug-likeness (QED) is 0.776. The highest BCUT2D eigenvalue weighted by Gasteiger charge is 2.34. The number of nitrogens with one attached hydrogen (secondary N) is 1. The maximum Gasteiger partial charge on any atom is 0.254 e. The van der Waals surface area contributed by atoms with Gasteiger partial charge in [0.2, 0.25) is 15.9 Å². The second-order valence-corrected chi connectivity index (χ2v) is 10.4. The van der Waals surface area contributed by atoms with Crippen molar-refractivity contribution in [2.24, 2.45) is 0 Å². The van der Waals surface area contributed by atoms with Gasteiger partial charge in [-0.25, -0.2) is 13.4 Å². The summed E-state index contributed by atoms with van der Waals surface area (Å²) < 4.78 is 25.3. The van der Waals surface area contributed by atoms with E-state index in [1.165, 1.54) is 10.6 Å². The van der Waals surface area contributed by atoms with Gasteiger partial charge in [-0.05, 0) is 38.2 Å². The van der Waals surface area contributed by atoms with E-state index in [0.29, 0.717) is 36.5 Å². The fraction of sp³-hybridized carbons (Fsp3) is 0.500. The molecule has 31 heavy (non-hydrogen) atoms. The summed E-state index contributed by atoms with van der Waals surface area (Å²) in [7, 11) is -3.37. The van der Waals surface area contributed by atoms with Crippen molar-refractivity contribution in [3.8, 4) is 0 Å². The largest absolute Gasteiger partial charge is 0.332 e. The third-order valence-electron chi connectivity index (χ3n) is 6.30. The number of aromatic nitrogens is 2. The first-order valence-corrected chi connectivity index (χ1v) is 12.5. The SMILES string of the molecule is C[C@H](C(=O)N1CCCC[C@@H]1c1nc2c(c(=O)[nH]1)CCN(S(C)(=O)=O)C2)c1ccccc1. The summed E-state index contributed by atoms with van der Waals surface area (Å²) in [6.45, 7) is 2.87. The van der Waals surface area contributed by atoms with E-state index < -0.39 is 10.0 Å². The number of rotatable bonds is 4. The molecule has 0 radical (unpaired) electrons. The molecule has 0 spiro atoms. The van der Waals surface area contributed by atoms with Gasteiger partial charge >= 0.3 is 0 Å². The summed E-state index contributed by atoms with van der Waals surface area (Å²) in [5, 5.41) is 0. The van der Waals surface area contributed by atoms with Gasteiger partial charge in [0.1, 0.15) is 5.82 Å². The maximum absolute atomic E-state index is 13.4. The van der Waals surface area contributed by atoms with Crippen LogP contribution in [0.4, 0.5) is 0 Å². The zero-order valence-electron chi connectivity index (χ0n) is 17.9. The zero-order valence-corrected chi connectivity index (χ0v) is 18.7. The number of nitrogens with zero attached hydrogens (tertiary/aromatic N) is 3. The molecule has 0 bridgehead atoms. The lowest BCUT2D eigenvalue weighted by atomic mass is 9.95. The summed E-state index contributed by atoms with van der Waals surface area (Å²) in [6, 6.07) is 9.33. The highest BCUT2D eigenvalue weighted by atomic mass is 32.2. The Morgan fingerprint density at radius 2 is 1.94 bits per heavy atom. The molecular formula is C22H28N4O4S. The lowest BCUT2D eigenvalue weighted by Gasteiger charge is -2.37. The van der Waals surface area contributed by atoms with Gasteiger partial charge < -0.3 is 9.88 Å². The standard InChI is InChI=1S/C22H28N4O4S/c1-15(16-8-4-3-5-9-16)22(28)26-12-7-6-10-19(26)20-23-18-14-25(31(2,29)30)13-11-17(18)21(27)24-20/h3-5,8-9,15,19H,6-7,10-14H2,1-2H3,(H,23,24,27)/t15-,19+/m0/s1. The number of hydrogen-bond donors (Lipinski definition) is 1. The van der Waals surface area contributed by atoms with E-state index in [1.54, 1.807) is 0 Å². The van der Waals surface area contributed by atoms with Crippen molar-refractivity contribution in [3.05, 3.63) is 63.3 Å². The Balaban J connectivity index is 1.65. The Labute approximate surface area is 182 Å². The molecule has 1 N–H and O–H groups in total. The monoisotopic (exact) mass is 444 g/mol. The van der Waals surface area contributed by atoms with Crippen molar-refractivity contribution in [2.75, 3.05) is 19.3 Å². The molecule has 3 heterocycles. The molecule has 0 unspecified atom stereocenters. The van der Waals surface area contributed by atoms with Crippen LogP contribution in [0.15, 0.2) is 35.1 Å². The van der Waals surface area contributed by atoms with Crippen LogP contribution in [0.2, 0.25) is 0 Å². The molecule has 1 aromatic heterocycles. The van der Waals surface area contributed by atoms with Crippen molar-refractivity contribution >= 4 is 15.9 Å². The highest BCUT2D eigenvalue weighted by Crippen LogP contribution is 2.32. The van der Waals surface area contributed by atoms with Crippen LogP contribution in [0.25, 0.3) is 0 Å². The van der Waals surface area contributed by atoms with Crippen molar-refractivity contribution < 1.29 is 13.2 Å². The minimum atomic E-state index is -3.37. The molecular weight excluding hydrogens is 416 g/mol. The van der Waals surface area contributed by atoms with E-state index in [4.69, 9.17) is 0 Å². The fourth-order valence-corrected chi connectivity index (χ4v) is 5.27. The highest BCUT2D eigenvalue weighted by molar-refractivity contribution is 7.88. The smallest absolute Gasteiger partial charge is 0.254 e.